The number of sulfonamides is 1. The molecule has 0 aliphatic carbocycles. The SMILES string of the molecule is CS(=O)(=O)N1CCN(Cc2cn3c(=O)c(O)c(C(=O)O)nc3s2)CC1. The highest BCUT2D eigenvalue weighted by molar-refractivity contribution is 7.88. The number of fused-ring (bicyclic) bond motifs is 1. The highest BCUT2D eigenvalue weighted by atomic mass is 32.2. The van der Waals surface area contributed by atoms with Gasteiger partial charge in [-0.15, -0.1) is 0 Å². The molecule has 136 valence electrons. The Hall–Kier alpha value is -2.02. The van der Waals surface area contributed by atoms with Gasteiger partial charge in [-0.2, -0.15) is 4.31 Å². The summed E-state index contributed by atoms with van der Waals surface area (Å²) in [5, 5.41) is 18.6. The predicted molar refractivity (Wildman–Crippen MR) is 89.7 cm³/mol. The van der Waals surface area contributed by atoms with Crippen LogP contribution in [0.1, 0.15) is 15.4 Å². The average Bonchev–Trinajstić information content (AvgIpc) is 2.93. The Balaban J connectivity index is 1.81. The number of aromatic carboxylic acids is 1. The molecular weight excluding hydrogens is 372 g/mol. The molecule has 2 aromatic heterocycles. The van der Waals surface area contributed by atoms with E-state index in [1.165, 1.54) is 16.8 Å². The third kappa shape index (κ3) is 3.51. The van der Waals surface area contributed by atoms with Crippen molar-refractivity contribution < 1.29 is 23.4 Å². The summed E-state index contributed by atoms with van der Waals surface area (Å²) in [6, 6.07) is 0. The molecule has 1 aliphatic rings. The third-order valence-corrected chi connectivity index (χ3v) is 6.21. The van der Waals surface area contributed by atoms with Crippen molar-refractivity contribution in [2.45, 2.75) is 6.54 Å². The molecule has 3 rings (SSSR count). The summed E-state index contributed by atoms with van der Waals surface area (Å²) >= 11 is 1.16. The van der Waals surface area contributed by atoms with E-state index in [1.807, 2.05) is 4.90 Å². The smallest absolute Gasteiger partial charge is 0.358 e. The first kappa shape index (κ1) is 17.8. The van der Waals surface area contributed by atoms with Crippen LogP contribution < -0.4 is 5.56 Å². The van der Waals surface area contributed by atoms with E-state index in [4.69, 9.17) is 5.11 Å². The van der Waals surface area contributed by atoms with Crippen LogP contribution in [-0.2, 0) is 16.6 Å². The number of carboxylic acids is 1. The maximum absolute atomic E-state index is 12.0. The van der Waals surface area contributed by atoms with E-state index >= 15 is 0 Å². The molecule has 25 heavy (non-hydrogen) atoms. The Morgan fingerprint density at radius 2 is 1.96 bits per heavy atom. The number of aromatic hydroxyl groups is 1. The van der Waals surface area contributed by atoms with Crippen LogP contribution in [-0.4, -0.2) is 75.6 Å². The van der Waals surface area contributed by atoms with Crippen LogP contribution in [0.4, 0.5) is 0 Å². The van der Waals surface area contributed by atoms with Gasteiger partial charge in [0.05, 0.1) is 6.26 Å². The second-order valence-corrected chi connectivity index (χ2v) is 8.78. The second-order valence-electron chi connectivity index (χ2n) is 5.71. The number of nitrogens with zero attached hydrogens (tertiary/aromatic N) is 4. The van der Waals surface area contributed by atoms with Gasteiger partial charge in [-0.25, -0.2) is 18.2 Å². The van der Waals surface area contributed by atoms with Gasteiger partial charge < -0.3 is 10.2 Å². The molecule has 0 atom stereocenters. The topological polar surface area (TPSA) is 133 Å². The molecule has 2 N–H and O–H groups in total. The van der Waals surface area contributed by atoms with E-state index in [2.05, 4.69) is 4.98 Å². The van der Waals surface area contributed by atoms with Gasteiger partial charge >= 0.3 is 11.5 Å². The molecule has 0 radical (unpaired) electrons. The molecule has 2 aromatic rings. The molecule has 0 spiro atoms. The van der Waals surface area contributed by atoms with Crippen LogP contribution in [0.15, 0.2) is 11.0 Å². The van der Waals surface area contributed by atoms with Gasteiger partial charge in [-0.05, 0) is 0 Å². The fourth-order valence-electron chi connectivity index (χ4n) is 2.64. The number of piperazine rings is 1. The number of carbonyl (C=O) groups is 1. The fraction of sp³-hybridized carbons (Fsp3) is 0.462. The summed E-state index contributed by atoms with van der Waals surface area (Å²) in [6.45, 7) is 2.37. The van der Waals surface area contributed by atoms with Gasteiger partial charge in [-0.3, -0.25) is 14.1 Å². The summed E-state index contributed by atoms with van der Waals surface area (Å²) in [7, 11) is -3.20. The first-order valence-corrected chi connectivity index (χ1v) is 9.98. The number of hydrogen-bond donors (Lipinski definition) is 2. The molecule has 0 unspecified atom stereocenters. The van der Waals surface area contributed by atoms with Gasteiger partial charge in [0.2, 0.25) is 15.8 Å². The Kier molecular flexibility index (Phi) is 4.53. The summed E-state index contributed by atoms with van der Waals surface area (Å²) in [5.41, 5.74) is -1.49. The largest absolute Gasteiger partial charge is 0.501 e. The number of thiazole rings is 1. The highest BCUT2D eigenvalue weighted by Crippen LogP contribution is 2.20. The zero-order chi connectivity index (χ0) is 18.4. The monoisotopic (exact) mass is 388 g/mol. The summed E-state index contributed by atoms with van der Waals surface area (Å²) in [5.74, 6) is -2.36. The van der Waals surface area contributed by atoms with Gasteiger partial charge in [-0.1, -0.05) is 11.3 Å². The molecule has 12 heteroatoms. The molecular formula is C13H16N4O6S2. The van der Waals surface area contributed by atoms with Crippen LogP contribution in [0, 0.1) is 0 Å². The van der Waals surface area contributed by atoms with Gasteiger partial charge in [0.15, 0.2) is 10.7 Å². The zero-order valence-electron chi connectivity index (χ0n) is 13.2. The van der Waals surface area contributed by atoms with E-state index in [-0.39, 0.29) is 4.96 Å². The standard InChI is InChI=1S/C13H16N4O6S2/c1-25(22,23)16-4-2-15(3-5-16)6-8-7-17-11(19)10(18)9(12(20)21)14-13(17)24-8/h7,18H,2-6H2,1H3,(H,20,21). The molecule has 3 heterocycles. The van der Waals surface area contributed by atoms with Crippen molar-refractivity contribution in [2.75, 3.05) is 32.4 Å². The molecule has 0 saturated carbocycles. The van der Waals surface area contributed by atoms with Crippen molar-refractivity contribution in [3.8, 4) is 5.75 Å². The lowest BCUT2D eigenvalue weighted by Gasteiger charge is -2.32. The van der Waals surface area contributed by atoms with Crippen LogP contribution >= 0.6 is 11.3 Å². The van der Waals surface area contributed by atoms with E-state index in [9.17, 15) is 23.1 Å². The van der Waals surface area contributed by atoms with Gasteiger partial charge in [0.1, 0.15) is 0 Å². The lowest BCUT2D eigenvalue weighted by molar-refractivity contribution is 0.0687. The molecule has 0 aromatic carbocycles. The number of carboxylic acid groups (broad SMARTS) is 1. The quantitative estimate of drug-likeness (QED) is 0.698. The van der Waals surface area contributed by atoms with E-state index in [1.54, 1.807) is 0 Å². The van der Waals surface area contributed by atoms with Crippen LogP contribution in [0.25, 0.3) is 4.96 Å². The van der Waals surface area contributed by atoms with E-state index in [0.717, 1.165) is 20.6 Å². The summed E-state index contributed by atoms with van der Waals surface area (Å²) in [6.07, 6.45) is 2.70. The number of aromatic nitrogens is 2. The highest BCUT2D eigenvalue weighted by Gasteiger charge is 2.24. The average molecular weight is 388 g/mol. The predicted octanol–water partition coefficient (Wildman–Crippen LogP) is -0.763. The first-order valence-electron chi connectivity index (χ1n) is 7.31. The maximum atomic E-state index is 12.0. The number of rotatable bonds is 4. The summed E-state index contributed by atoms with van der Waals surface area (Å²) in [4.78, 5) is 29.9. The van der Waals surface area contributed by atoms with Crippen LogP contribution in [0.5, 0.6) is 5.75 Å². The van der Waals surface area contributed by atoms with Crippen molar-refractivity contribution in [3.63, 3.8) is 0 Å². The van der Waals surface area contributed by atoms with Crippen LogP contribution in [0.2, 0.25) is 0 Å². The van der Waals surface area contributed by atoms with E-state index < -0.39 is 33.0 Å². The minimum absolute atomic E-state index is 0.185. The minimum Gasteiger partial charge on any atom is -0.501 e. The van der Waals surface area contributed by atoms with Gasteiger partial charge in [0, 0.05) is 43.8 Å². The van der Waals surface area contributed by atoms with Crippen molar-refractivity contribution >= 4 is 32.3 Å². The Morgan fingerprint density at radius 1 is 1.32 bits per heavy atom. The molecule has 1 aliphatic heterocycles. The Bertz CT molecular complexity index is 988. The third-order valence-electron chi connectivity index (χ3n) is 3.94. The van der Waals surface area contributed by atoms with Crippen molar-refractivity contribution in [1.82, 2.24) is 18.6 Å². The lowest BCUT2D eigenvalue weighted by atomic mass is 10.3. The maximum Gasteiger partial charge on any atom is 0.358 e. The summed E-state index contributed by atoms with van der Waals surface area (Å²) < 4.78 is 25.6. The minimum atomic E-state index is -3.20. The fourth-order valence-corrected chi connectivity index (χ4v) is 4.48. The molecule has 0 bridgehead atoms. The Labute approximate surface area is 146 Å². The lowest BCUT2D eigenvalue weighted by Crippen LogP contribution is -2.47. The Morgan fingerprint density at radius 3 is 2.52 bits per heavy atom. The van der Waals surface area contributed by atoms with Crippen molar-refractivity contribution in [2.24, 2.45) is 0 Å². The van der Waals surface area contributed by atoms with E-state index in [0.29, 0.717) is 32.7 Å². The van der Waals surface area contributed by atoms with Gasteiger partial charge in [0.25, 0.3) is 0 Å². The first-order chi connectivity index (χ1) is 11.7. The zero-order valence-corrected chi connectivity index (χ0v) is 14.9. The molecule has 10 nitrogen and oxygen atoms in total. The molecule has 1 fully saturated rings. The van der Waals surface area contributed by atoms with Crippen molar-refractivity contribution in [3.05, 3.63) is 27.1 Å². The molecule has 1 saturated heterocycles. The number of hydrogen-bond acceptors (Lipinski definition) is 8. The molecule has 0 amide bonds. The normalized spacial score (nSPS) is 17.2. The van der Waals surface area contributed by atoms with Crippen LogP contribution in [0.3, 0.4) is 0 Å². The second kappa shape index (κ2) is 6.37. The van der Waals surface area contributed by atoms with Crippen molar-refractivity contribution in [1.29, 1.82) is 0 Å².